The molecule has 1 amide bonds. The third-order valence-electron chi connectivity index (χ3n) is 2.79. The van der Waals surface area contributed by atoms with Crippen LogP contribution in [0.3, 0.4) is 0 Å². The molecule has 1 saturated heterocycles. The standard InChI is InChI=1S/C12H13N3O/c13-8-9-7-10(4-5-11(9)14)15-6-2-1-3-12(15)16/h4-5,7H,1-3,6,14H2. The second-order valence-electron chi connectivity index (χ2n) is 3.89. The van der Waals surface area contributed by atoms with Gasteiger partial charge in [-0.25, -0.2) is 0 Å². The van der Waals surface area contributed by atoms with Crippen LogP contribution in [0, 0.1) is 11.3 Å². The molecule has 1 fully saturated rings. The van der Waals surface area contributed by atoms with Gasteiger partial charge in [0.2, 0.25) is 5.91 Å². The van der Waals surface area contributed by atoms with Crippen molar-refractivity contribution in [1.29, 1.82) is 5.26 Å². The normalized spacial score (nSPS) is 15.9. The largest absolute Gasteiger partial charge is 0.398 e. The number of hydrogen-bond donors (Lipinski definition) is 1. The molecule has 0 radical (unpaired) electrons. The summed E-state index contributed by atoms with van der Waals surface area (Å²) in [5.41, 5.74) is 7.29. The summed E-state index contributed by atoms with van der Waals surface area (Å²) in [7, 11) is 0. The highest BCUT2D eigenvalue weighted by Crippen LogP contribution is 2.24. The number of nitrogens with two attached hydrogens (primary N) is 1. The summed E-state index contributed by atoms with van der Waals surface area (Å²) in [6.07, 6.45) is 2.56. The van der Waals surface area contributed by atoms with Crippen LogP contribution in [0.1, 0.15) is 24.8 Å². The Balaban J connectivity index is 2.33. The quantitative estimate of drug-likeness (QED) is 0.724. The summed E-state index contributed by atoms with van der Waals surface area (Å²) in [4.78, 5) is 13.4. The zero-order valence-electron chi connectivity index (χ0n) is 8.94. The van der Waals surface area contributed by atoms with Crippen molar-refractivity contribution >= 4 is 17.3 Å². The fourth-order valence-electron chi connectivity index (χ4n) is 1.89. The first kappa shape index (κ1) is 10.5. The van der Waals surface area contributed by atoms with E-state index < -0.39 is 0 Å². The number of carbonyl (C=O) groups excluding carboxylic acids is 1. The number of carbonyl (C=O) groups is 1. The monoisotopic (exact) mass is 215 g/mol. The van der Waals surface area contributed by atoms with Gasteiger partial charge in [0.15, 0.2) is 0 Å². The first-order chi connectivity index (χ1) is 7.72. The highest BCUT2D eigenvalue weighted by molar-refractivity contribution is 5.94. The molecule has 1 aromatic carbocycles. The Morgan fingerprint density at radius 1 is 1.38 bits per heavy atom. The Labute approximate surface area is 94.3 Å². The zero-order chi connectivity index (χ0) is 11.5. The lowest BCUT2D eigenvalue weighted by molar-refractivity contribution is -0.119. The smallest absolute Gasteiger partial charge is 0.226 e. The average molecular weight is 215 g/mol. The van der Waals surface area contributed by atoms with E-state index in [1.165, 1.54) is 0 Å². The molecular weight excluding hydrogens is 202 g/mol. The van der Waals surface area contributed by atoms with Gasteiger partial charge in [-0.3, -0.25) is 4.79 Å². The first-order valence-corrected chi connectivity index (χ1v) is 5.32. The fraction of sp³-hybridized carbons (Fsp3) is 0.333. The Morgan fingerprint density at radius 2 is 2.19 bits per heavy atom. The van der Waals surface area contributed by atoms with Gasteiger partial charge in [-0.2, -0.15) is 5.26 Å². The molecule has 2 rings (SSSR count). The molecule has 0 spiro atoms. The Kier molecular flexibility index (Phi) is 2.78. The molecule has 1 aliphatic heterocycles. The van der Waals surface area contributed by atoms with E-state index in [-0.39, 0.29) is 5.91 Å². The number of piperidine rings is 1. The third-order valence-corrected chi connectivity index (χ3v) is 2.79. The van der Waals surface area contributed by atoms with Crippen molar-refractivity contribution in [3.8, 4) is 6.07 Å². The van der Waals surface area contributed by atoms with Crippen LogP contribution < -0.4 is 10.6 Å². The van der Waals surface area contributed by atoms with Gasteiger partial charge in [-0.05, 0) is 31.0 Å². The number of amides is 1. The SMILES string of the molecule is N#Cc1cc(N2CCCCC2=O)ccc1N. The van der Waals surface area contributed by atoms with Crippen molar-refractivity contribution in [1.82, 2.24) is 0 Å². The van der Waals surface area contributed by atoms with Crippen LogP contribution in [0.2, 0.25) is 0 Å². The van der Waals surface area contributed by atoms with Crippen molar-refractivity contribution in [2.24, 2.45) is 0 Å². The van der Waals surface area contributed by atoms with Crippen molar-refractivity contribution in [3.63, 3.8) is 0 Å². The molecule has 0 unspecified atom stereocenters. The molecule has 82 valence electrons. The van der Waals surface area contributed by atoms with Gasteiger partial charge >= 0.3 is 0 Å². The number of nitrogens with zero attached hydrogens (tertiary/aromatic N) is 2. The minimum Gasteiger partial charge on any atom is -0.398 e. The van der Waals surface area contributed by atoms with Gasteiger partial charge in [0, 0.05) is 24.3 Å². The Bertz CT molecular complexity index is 462. The van der Waals surface area contributed by atoms with Crippen LogP contribution in [0.15, 0.2) is 18.2 Å². The van der Waals surface area contributed by atoms with Crippen LogP contribution in [0.5, 0.6) is 0 Å². The van der Waals surface area contributed by atoms with E-state index in [2.05, 4.69) is 0 Å². The molecule has 0 atom stereocenters. The number of nitriles is 1. The average Bonchev–Trinajstić information content (AvgIpc) is 2.31. The molecule has 4 heteroatoms. The zero-order valence-corrected chi connectivity index (χ0v) is 8.94. The van der Waals surface area contributed by atoms with Gasteiger partial charge in [0.25, 0.3) is 0 Å². The van der Waals surface area contributed by atoms with Gasteiger partial charge in [0.05, 0.1) is 5.56 Å². The van der Waals surface area contributed by atoms with E-state index in [0.717, 1.165) is 25.1 Å². The lowest BCUT2D eigenvalue weighted by atomic mass is 10.1. The highest BCUT2D eigenvalue weighted by atomic mass is 16.2. The van der Waals surface area contributed by atoms with E-state index in [9.17, 15) is 4.79 Å². The van der Waals surface area contributed by atoms with Gasteiger partial charge in [-0.1, -0.05) is 0 Å². The van der Waals surface area contributed by atoms with E-state index in [4.69, 9.17) is 11.0 Å². The van der Waals surface area contributed by atoms with Crippen LogP contribution in [-0.4, -0.2) is 12.5 Å². The molecular formula is C12H13N3O. The van der Waals surface area contributed by atoms with Crippen molar-refractivity contribution in [3.05, 3.63) is 23.8 Å². The van der Waals surface area contributed by atoms with E-state index >= 15 is 0 Å². The topological polar surface area (TPSA) is 70.1 Å². The molecule has 4 nitrogen and oxygen atoms in total. The summed E-state index contributed by atoms with van der Waals surface area (Å²) < 4.78 is 0. The van der Waals surface area contributed by atoms with E-state index in [0.29, 0.717) is 17.7 Å². The van der Waals surface area contributed by atoms with Crippen LogP contribution in [0.25, 0.3) is 0 Å². The van der Waals surface area contributed by atoms with Crippen LogP contribution in [-0.2, 0) is 4.79 Å². The minimum atomic E-state index is 0.125. The molecule has 0 aliphatic carbocycles. The molecule has 0 saturated carbocycles. The fourth-order valence-corrected chi connectivity index (χ4v) is 1.89. The predicted octanol–water partition coefficient (Wildman–Crippen LogP) is 1.66. The van der Waals surface area contributed by atoms with Gasteiger partial charge in [0.1, 0.15) is 6.07 Å². The highest BCUT2D eigenvalue weighted by Gasteiger charge is 2.19. The molecule has 1 aromatic rings. The predicted molar refractivity (Wildman–Crippen MR) is 61.8 cm³/mol. The van der Waals surface area contributed by atoms with Crippen LogP contribution >= 0.6 is 0 Å². The van der Waals surface area contributed by atoms with Gasteiger partial charge < -0.3 is 10.6 Å². The lowest BCUT2D eigenvalue weighted by Gasteiger charge is -2.27. The maximum Gasteiger partial charge on any atom is 0.226 e. The van der Waals surface area contributed by atoms with Crippen molar-refractivity contribution < 1.29 is 4.79 Å². The molecule has 1 heterocycles. The van der Waals surface area contributed by atoms with Gasteiger partial charge in [-0.15, -0.1) is 0 Å². The van der Waals surface area contributed by atoms with Crippen LogP contribution in [0.4, 0.5) is 11.4 Å². The lowest BCUT2D eigenvalue weighted by Crippen LogP contribution is -2.35. The number of hydrogen-bond acceptors (Lipinski definition) is 3. The van der Waals surface area contributed by atoms with E-state index in [1.807, 2.05) is 6.07 Å². The summed E-state index contributed by atoms with van der Waals surface area (Å²) in [5.74, 6) is 0.125. The number of anilines is 2. The molecule has 16 heavy (non-hydrogen) atoms. The number of rotatable bonds is 1. The number of benzene rings is 1. The van der Waals surface area contributed by atoms with E-state index in [1.54, 1.807) is 23.1 Å². The summed E-state index contributed by atoms with van der Waals surface area (Å²) >= 11 is 0. The summed E-state index contributed by atoms with van der Waals surface area (Å²) in [5, 5.41) is 8.87. The Morgan fingerprint density at radius 3 is 2.88 bits per heavy atom. The second kappa shape index (κ2) is 4.23. The maximum absolute atomic E-state index is 11.7. The minimum absolute atomic E-state index is 0.125. The maximum atomic E-state index is 11.7. The summed E-state index contributed by atoms with van der Waals surface area (Å²) in [6.45, 7) is 0.730. The number of nitrogen functional groups attached to an aromatic ring is 1. The summed E-state index contributed by atoms with van der Waals surface area (Å²) in [6, 6.07) is 7.17. The third kappa shape index (κ3) is 1.84. The molecule has 0 aromatic heterocycles. The Hall–Kier alpha value is -2.02. The molecule has 1 aliphatic rings. The molecule has 2 N–H and O–H groups in total. The second-order valence-corrected chi connectivity index (χ2v) is 3.89. The van der Waals surface area contributed by atoms with Crippen molar-refractivity contribution in [2.75, 3.05) is 17.2 Å². The molecule has 0 bridgehead atoms. The van der Waals surface area contributed by atoms with Crippen molar-refractivity contribution in [2.45, 2.75) is 19.3 Å². The first-order valence-electron chi connectivity index (χ1n) is 5.32.